The van der Waals surface area contributed by atoms with Gasteiger partial charge in [-0.05, 0) is 53.2 Å². The van der Waals surface area contributed by atoms with Gasteiger partial charge in [0.25, 0.3) is 0 Å². The van der Waals surface area contributed by atoms with Crippen LogP contribution in [0.4, 0.5) is 11.6 Å². The molecule has 0 N–H and O–H groups in total. The molecular weight excluding hydrogens is 392 g/mol. The van der Waals surface area contributed by atoms with E-state index in [9.17, 15) is 4.79 Å². The van der Waals surface area contributed by atoms with Crippen LogP contribution in [0, 0.1) is 11.3 Å². The number of amides is 1. The summed E-state index contributed by atoms with van der Waals surface area (Å²) >= 11 is 0. The van der Waals surface area contributed by atoms with Crippen molar-refractivity contribution in [1.82, 2.24) is 25.1 Å². The summed E-state index contributed by atoms with van der Waals surface area (Å²) in [5.74, 6) is 0.857. The van der Waals surface area contributed by atoms with Crippen molar-refractivity contribution in [2.45, 2.75) is 12.5 Å². The molecule has 9 nitrogen and oxygen atoms in total. The van der Waals surface area contributed by atoms with Crippen LogP contribution in [0.2, 0.25) is 0 Å². The summed E-state index contributed by atoms with van der Waals surface area (Å²) in [5.41, 5.74) is 2.38. The number of nitriles is 1. The summed E-state index contributed by atoms with van der Waals surface area (Å²) in [6.07, 6.45) is 0.806. The molecule has 1 unspecified atom stereocenters. The Morgan fingerprint density at radius 3 is 2.35 bits per heavy atom. The zero-order valence-corrected chi connectivity index (χ0v) is 17.0. The van der Waals surface area contributed by atoms with Gasteiger partial charge in [-0.3, -0.25) is 9.69 Å². The Balaban J connectivity index is 1.24. The lowest BCUT2D eigenvalue weighted by Gasteiger charge is -2.37. The molecule has 0 aliphatic carbocycles. The van der Waals surface area contributed by atoms with Crippen molar-refractivity contribution in [3.63, 3.8) is 0 Å². The minimum atomic E-state index is -0.108. The Kier molecular flexibility index (Phi) is 5.06. The summed E-state index contributed by atoms with van der Waals surface area (Å²) in [6.45, 7) is 3.77. The predicted octanol–water partition coefficient (Wildman–Crippen LogP) is 1.46. The van der Waals surface area contributed by atoms with Crippen molar-refractivity contribution < 1.29 is 4.79 Å². The lowest BCUT2D eigenvalue weighted by molar-refractivity contribution is -0.121. The normalized spacial score (nSPS) is 19.6. The van der Waals surface area contributed by atoms with Crippen LogP contribution in [-0.2, 0) is 4.79 Å². The van der Waals surface area contributed by atoms with E-state index in [-0.39, 0.29) is 11.9 Å². The maximum absolute atomic E-state index is 13.1. The van der Waals surface area contributed by atoms with Gasteiger partial charge >= 0.3 is 0 Å². The number of carbonyl (C=O) groups excluding carboxylic acids is 1. The molecule has 2 saturated heterocycles. The highest BCUT2D eigenvalue weighted by molar-refractivity contribution is 5.99. The number of tetrazole rings is 1. The fourth-order valence-electron chi connectivity index (χ4n) is 4.33. The summed E-state index contributed by atoms with van der Waals surface area (Å²) in [5, 5.41) is 21.2. The Hall–Kier alpha value is -3.77. The fourth-order valence-corrected chi connectivity index (χ4v) is 4.33. The van der Waals surface area contributed by atoms with Crippen molar-refractivity contribution in [1.29, 1.82) is 5.26 Å². The fraction of sp³-hybridized carbons (Fsp3) is 0.318. The molecule has 1 atom stereocenters. The summed E-state index contributed by atoms with van der Waals surface area (Å²) in [7, 11) is 0. The molecule has 0 spiro atoms. The third-order valence-corrected chi connectivity index (χ3v) is 5.98. The third kappa shape index (κ3) is 3.62. The topological polar surface area (TPSA) is 94.2 Å². The van der Waals surface area contributed by atoms with Gasteiger partial charge in [-0.15, -0.1) is 0 Å². The maximum Gasteiger partial charge on any atom is 0.250 e. The van der Waals surface area contributed by atoms with Gasteiger partial charge in [-0.1, -0.05) is 23.3 Å². The first-order valence-electron chi connectivity index (χ1n) is 10.4. The SMILES string of the molecule is N#Cc1ccc(N2CCC(N3CCN(c4nnnn4-c4ccccc4)CC3)C2=O)cc1. The zero-order chi connectivity index (χ0) is 21.2. The van der Waals surface area contributed by atoms with Crippen LogP contribution in [0.15, 0.2) is 54.6 Å². The molecule has 2 aliphatic rings. The number of nitrogens with zero attached hydrogens (tertiary/aromatic N) is 8. The van der Waals surface area contributed by atoms with E-state index in [1.165, 1.54) is 0 Å². The number of para-hydroxylation sites is 1. The van der Waals surface area contributed by atoms with Crippen LogP contribution in [0.25, 0.3) is 5.69 Å². The lowest BCUT2D eigenvalue weighted by atomic mass is 10.2. The number of anilines is 2. The second-order valence-electron chi connectivity index (χ2n) is 7.70. The van der Waals surface area contributed by atoms with Crippen LogP contribution < -0.4 is 9.80 Å². The second-order valence-corrected chi connectivity index (χ2v) is 7.70. The maximum atomic E-state index is 13.1. The van der Waals surface area contributed by atoms with Gasteiger partial charge in [-0.2, -0.15) is 9.94 Å². The van der Waals surface area contributed by atoms with E-state index in [1.807, 2.05) is 47.4 Å². The molecule has 1 amide bonds. The molecule has 9 heteroatoms. The van der Waals surface area contributed by atoms with E-state index in [0.717, 1.165) is 49.9 Å². The van der Waals surface area contributed by atoms with Crippen molar-refractivity contribution in [3.05, 3.63) is 60.2 Å². The van der Waals surface area contributed by atoms with Crippen LogP contribution in [0.1, 0.15) is 12.0 Å². The van der Waals surface area contributed by atoms with Crippen LogP contribution in [0.3, 0.4) is 0 Å². The number of piperazine rings is 1. The number of carbonyl (C=O) groups is 1. The number of benzene rings is 2. The first-order chi connectivity index (χ1) is 15.2. The highest BCUT2D eigenvalue weighted by Crippen LogP contribution is 2.26. The molecule has 31 heavy (non-hydrogen) atoms. The number of rotatable bonds is 4. The second kappa shape index (κ2) is 8.16. The Labute approximate surface area is 180 Å². The lowest BCUT2D eigenvalue weighted by Crippen LogP contribution is -2.53. The van der Waals surface area contributed by atoms with E-state index in [1.54, 1.807) is 16.8 Å². The third-order valence-electron chi connectivity index (χ3n) is 5.98. The predicted molar refractivity (Wildman–Crippen MR) is 115 cm³/mol. The Morgan fingerprint density at radius 2 is 1.65 bits per heavy atom. The minimum Gasteiger partial charge on any atom is -0.337 e. The molecule has 3 aromatic rings. The molecule has 2 aromatic carbocycles. The van der Waals surface area contributed by atoms with Gasteiger partial charge in [0.2, 0.25) is 11.9 Å². The van der Waals surface area contributed by atoms with Crippen molar-refractivity contribution in [2.24, 2.45) is 0 Å². The number of hydrogen-bond acceptors (Lipinski definition) is 7. The van der Waals surface area contributed by atoms with E-state index in [2.05, 4.69) is 31.4 Å². The monoisotopic (exact) mass is 414 g/mol. The molecule has 2 fully saturated rings. The number of hydrogen-bond donors (Lipinski definition) is 0. The summed E-state index contributed by atoms with van der Waals surface area (Å²) in [6, 6.07) is 19.1. The van der Waals surface area contributed by atoms with Crippen LogP contribution in [-0.4, -0.2) is 69.8 Å². The molecule has 0 saturated carbocycles. The van der Waals surface area contributed by atoms with Crippen molar-refractivity contribution in [2.75, 3.05) is 42.5 Å². The van der Waals surface area contributed by atoms with E-state index >= 15 is 0 Å². The summed E-state index contributed by atoms with van der Waals surface area (Å²) in [4.78, 5) is 19.3. The van der Waals surface area contributed by atoms with Gasteiger partial charge < -0.3 is 9.80 Å². The van der Waals surface area contributed by atoms with Gasteiger partial charge in [0.15, 0.2) is 0 Å². The van der Waals surface area contributed by atoms with E-state index in [4.69, 9.17) is 5.26 Å². The molecule has 0 radical (unpaired) electrons. The van der Waals surface area contributed by atoms with E-state index < -0.39 is 0 Å². The van der Waals surface area contributed by atoms with Gasteiger partial charge in [0.1, 0.15) is 0 Å². The first kappa shape index (κ1) is 19.2. The van der Waals surface area contributed by atoms with Crippen molar-refractivity contribution in [3.8, 4) is 11.8 Å². The van der Waals surface area contributed by atoms with Gasteiger partial charge in [0, 0.05) is 38.4 Å². The Bertz CT molecular complexity index is 1100. The highest BCUT2D eigenvalue weighted by Gasteiger charge is 2.38. The van der Waals surface area contributed by atoms with E-state index in [0.29, 0.717) is 12.1 Å². The smallest absolute Gasteiger partial charge is 0.250 e. The molecule has 2 aliphatic heterocycles. The zero-order valence-electron chi connectivity index (χ0n) is 17.0. The Morgan fingerprint density at radius 1 is 0.903 bits per heavy atom. The molecule has 1 aromatic heterocycles. The summed E-state index contributed by atoms with van der Waals surface area (Å²) < 4.78 is 1.75. The van der Waals surface area contributed by atoms with Crippen LogP contribution in [0.5, 0.6) is 0 Å². The van der Waals surface area contributed by atoms with Gasteiger partial charge in [-0.25, -0.2) is 0 Å². The standard InChI is InChI=1S/C22H22N8O/c23-16-17-6-8-18(9-7-17)29-11-10-20(21(29)31)27-12-14-28(15-13-27)22-24-25-26-30(22)19-4-2-1-3-5-19/h1-9,20H,10-15H2. The average Bonchev–Trinajstić information content (AvgIpc) is 3.47. The molecular formula is C22H22N8O. The van der Waals surface area contributed by atoms with Crippen LogP contribution >= 0.6 is 0 Å². The first-order valence-corrected chi connectivity index (χ1v) is 10.4. The highest BCUT2D eigenvalue weighted by atomic mass is 16.2. The largest absolute Gasteiger partial charge is 0.337 e. The minimum absolute atomic E-state index is 0.108. The molecule has 5 rings (SSSR count). The quantitative estimate of drug-likeness (QED) is 0.638. The molecule has 0 bridgehead atoms. The number of aromatic nitrogens is 4. The molecule has 156 valence electrons. The van der Waals surface area contributed by atoms with Crippen molar-refractivity contribution >= 4 is 17.5 Å². The molecule has 3 heterocycles. The van der Waals surface area contributed by atoms with Gasteiger partial charge in [0.05, 0.1) is 23.4 Å². The average molecular weight is 414 g/mol.